The monoisotopic (exact) mass is 438 g/mol. The highest BCUT2D eigenvalue weighted by Crippen LogP contribution is 2.32. The second-order valence-corrected chi connectivity index (χ2v) is 7.41. The van der Waals surface area contributed by atoms with Crippen molar-refractivity contribution in [2.75, 3.05) is 0 Å². The first-order valence-corrected chi connectivity index (χ1v) is 9.62. The molecular formula is C19H17F3N4O3S. The van der Waals surface area contributed by atoms with Gasteiger partial charge in [0.15, 0.2) is 5.69 Å². The van der Waals surface area contributed by atoms with Crippen LogP contribution in [0.25, 0.3) is 5.13 Å². The lowest BCUT2D eigenvalue weighted by Gasteiger charge is -2.18. The number of alkyl halides is 3. The lowest BCUT2D eigenvalue weighted by molar-refractivity contribution is -0.143. The van der Waals surface area contributed by atoms with Crippen molar-refractivity contribution >= 4 is 23.2 Å². The number of nitrogens with zero attached hydrogens (tertiary/aromatic N) is 3. The van der Waals surface area contributed by atoms with E-state index in [0.717, 1.165) is 23.0 Å². The number of halogens is 3. The summed E-state index contributed by atoms with van der Waals surface area (Å²) in [6.45, 7) is 3.21. The minimum atomic E-state index is -4.63. The molecule has 0 aliphatic carbocycles. The Morgan fingerprint density at radius 3 is 2.60 bits per heavy atom. The van der Waals surface area contributed by atoms with Gasteiger partial charge in [-0.15, -0.1) is 11.3 Å². The zero-order valence-electron chi connectivity index (χ0n) is 15.9. The summed E-state index contributed by atoms with van der Waals surface area (Å²) in [7, 11) is 0. The minimum absolute atomic E-state index is 0.119. The third-order valence-electron chi connectivity index (χ3n) is 4.28. The molecular weight excluding hydrogens is 421 g/mol. The van der Waals surface area contributed by atoms with Crippen molar-refractivity contribution in [2.24, 2.45) is 0 Å². The molecule has 1 aromatic carbocycles. The van der Waals surface area contributed by atoms with Crippen molar-refractivity contribution < 1.29 is 27.9 Å². The number of benzene rings is 1. The molecule has 0 aliphatic rings. The summed E-state index contributed by atoms with van der Waals surface area (Å²) in [4.78, 5) is 27.9. The van der Waals surface area contributed by atoms with E-state index in [4.69, 9.17) is 0 Å². The van der Waals surface area contributed by atoms with Gasteiger partial charge in [-0.1, -0.05) is 24.3 Å². The van der Waals surface area contributed by atoms with Crippen LogP contribution >= 0.6 is 11.3 Å². The van der Waals surface area contributed by atoms with E-state index >= 15 is 0 Å². The van der Waals surface area contributed by atoms with Crippen molar-refractivity contribution in [3.05, 3.63) is 63.9 Å². The van der Waals surface area contributed by atoms with Crippen LogP contribution in [0.1, 0.15) is 45.5 Å². The fourth-order valence-electron chi connectivity index (χ4n) is 2.94. The number of hydrogen-bond acceptors (Lipinski definition) is 5. The van der Waals surface area contributed by atoms with Crippen molar-refractivity contribution in [3.8, 4) is 5.13 Å². The van der Waals surface area contributed by atoms with Gasteiger partial charge in [-0.25, -0.2) is 9.67 Å². The lowest BCUT2D eigenvalue weighted by Crippen LogP contribution is -2.31. The number of nitrogens with one attached hydrogen (secondary N) is 1. The first-order chi connectivity index (χ1) is 14.1. The number of aryl methyl sites for hydroxylation is 2. The predicted octanol–water partition coefficient (Wildman–Crippen LogP) is 3.91. The van der Waals surface area contributed by atoms with E-state index in [1.165, 1.54) is 12.3 Å². The maximum atomic E-state index is 13.2. The van der Waals surface area contributed by atoms with E-state index in [1.54, 1.807) is 31.2 Å². The molecule has 0 spiro atoms. The maximum Gasteiger partial charge on any atom is 0.433 e. The summed E-state index contributed by atoms with van der Waals surface area (Å²) in [5.74, 6) is -1.80. The second kappa shape index (κ2) is 8.27. The molecule has 2 aromatic heterocycles. The van der Waals surface area contributed by atoms with E-state index in [2.05, 4.69) is 15.4 Å². The normalized spacial score (nSPS) is 12.6. The Balaban J connectivity index is 1.87. The zero-order chi connectivity index (χ0) is 22.1. The molecule has 158 valence electrons. The van der Waals surface area contributed by atoms with Gasteiger partial charge in [-0.05, 0) is 31.0 Å². The number of amides is 1. The van der Waals surface area contributed by atoms with Crippen molar-refractivity contribution in [3.63, 3.8) is 0 Å². The van der Waals surface area contributed by atoms with E-state index in [-0.39, 0.29) is 22.9 Å². The van der Waals surface area contributed by atoms with E-state index in [1.807, 2.05) is 0 Å². The zero-order valence-corrected chi connectivity index (χ0v) is 16.7. The number of carbonyl (C=O) groups is 2. The van der Waals surface area contributed by atoms with Crippen LogP contribution in [0, 0.1) is 13.8 Å². The molecule has 3 aromatic rings. The molecule has 3 rings (SSSR count). The predicted molar refractivity (Wildman–Crippen MR) is 103 cm³/mol. The Labute approximate surface area is 173 Å². The molecule has 1 unspecified atom stereocenters. The first-order valence-electron chi connectivity index (χ1n) is 8.74. The van der Waals surface area contributed by atoms with Gasteiger partial charge in [0.05, 0.1) is 18.2 Å². The van der Waals surface area contributed by atoms with Crippen LogP contribution < -0.4 is 5.32 Å². The molecule has 0 saturated heterocycles. The topological polar surface area (TPSA) is 97.1 Å². The summed E-state index contributed by atoms with van der Waals surface area (Å²) in [5, 5.41) is 16.8. The SMILES string of the molecule is Cc1cc(C(F)(F)F)n(-c2nc(C(=O)NC(CC(=O)O)c3ccccc3C)cs2)n1. The molecule has 11 heteroatoms. The fraction of sp³-hybridized carbons (Fsp3) is 0.263. The van der Waals surface area contributed by atoms with Gasteiger partial charge in [-0.3, -0.25) is 9.59 Å². The van der Waals surface area contributed by atoms with Crippen LogP contribution in [0.3, 0.4) is 0 Å². The Bertz CT molecular complexity index is 1090. The molecule has 0 fully saturated rings. The van der Waals surface area contributed by atoms with Crippen molar-refractivity contribution in [1.29, 1.82) is 0 Å². The number of thiazole rings is 1. The molecule has 1 atom stereocenters. The fourth-order valence-corrected chi connectivity index (χ4v) is 3.70. The average Bonchev–Trinajstić information content (AvgIpc) is 3.27. The molecule has 0 radical (unpaired) electrons. The summed E-state index contributed by atoms with van der Waals surface area (Å²) < 4.78 is 40.3. The van der Waals surface area contributed by atoms with Gasteiger partial charge >= 0.3 is 12.1 Å². The molecule has 1 amide bonds. The number of aliphatic carboxylic acids is 1. The van der Waals surface area contributed by atoms with Crippen LogP contribution in [0.15, 0.2) is 35.7 Å². The largest absolute Gasteiger partial charge is 0.481 e. The van der Waals surface area contributed by atoms with Crippen LogP contribution in [0.5, 0.6) is 0 Å². The first kappa shape index (κ1) is 21.5. The minimum Gasteiger partial charge on any atom is -0.481 e. The van der Waals surface area contributed by atoms with Crippen molar-refractivity contribution in [2.45, 2.75) is 32.5 Å². The van der Waals surface area contributed by atoms with Gasteiger partial charge in [0.25, 0.3) is 5.91 Å². The number of aromatic nitrogens is 3. The molecule has 0 bridgehead atoms. The Kier molecular flexibility index (Phi) is 5.92. The highest BCUT2D eigenvalue weighted by Gasteiger charge is 2.36. The van der Waals surface area contributed by atoms with Crippen LogP contribution in [-0.2, 0) is 11.0 Å². The molecule has 0 aliphatic heterocycles. The van der Waals surface area contributed by atoms with Crippen LogP contribution in [-0.4, -0.2) is 31.7 Å². The van der Waals surface area contributed by atoms with Crippen LogP contribution in [0.2, 0.25) is 0 Å². The van der Waals surface area contributed by atoms with E-state index in [9.17, 15) is 27.9 Å². The van der Waals surface area contributed by atoms with Crippen LogP contribution in [0.4, 0.5) is 13.2 Å². The van der Waals surface area contributed by atoms with Gasteiger partial charge in [0.1, 0.15) is 5.69 Å². The summed E-state index contributed by atoms with van der Waals surface area (Å²) in [6, 6.07) is 7.08. The average molecular weight is 438 g/mol. The third-order valence-corrected chi connectivity index (χ3v) is 5.09. The number of carboxylic acids is 1. The standard InChI is InChI=1S/C19H17F3N4O3S/c1-10-5-3-4-6-12(10)13(8-16(27)28)23-17(29)14-9-30-18(24-14)26-15(19(20,21)22)7-11(2)25-26/h3-7,9,13H,8H2,1-2H3,(H,23,29)(H,27,28). The summed E-state index contributed by atoms with van der Waals surface area (Å²) in [5.41, 5.74) is 0.463. The van der Waals surface area contributed by atoms with E-state index in [0.29, 0.717) is 10.2 Å². The number of carboxylic acid groups (broad SMARTS) is 1. The molecule has 30 heavy (non-hydrogen) atoms. The quantitative estimate of drug-likeness (QED) is 0.608. The Morgan fingerprint density at radius 1 is 1.27 bits per heavy atom. The highest BCUT2D eigenvalue weighted by molar-refractivity contribution is 7.12. The third kappa shape index (κ3) is 4.67. The van der Waals surface area contributed by atoms with Gasteiger partial charge < -0.3 is 10.4 Å². The van der Waals surface area contributed by atoms with E-state index < -0.39 is 29.8 Å². The molecule has 2 heterocycles. The lowest BCUT2D eigenvalue weighted by atomic mass is 9.98. The Hall–Kier alpha value is -3.21. The van der Waals surface area contributed by atoms with Gasteiger partial charge in [0, 0.05) is 5.38 Å². The van der Waals surface area contributed by atoms with Gasteiger partial charge in [-0.2, -0.15) is 18.3 Å². The molecule has 2 N–H and O–H groups in total. The Morgan fingerprint density at radius 2 is 1.97 bits per heavy atom. The second-order valence-electron chi connectivity index (χ2n) is 6.58. The van der Waals surface area contributed by atoms with Gasteiger partial charge in [0.2, 0.25) is 5.13 Å². The number of rotatable bonds is 6. The number of carbonyl (C=O) groups excluding carboxylic acids is 1. The smallest absolute Gasteiger partial charge is 0.433 e. The van der Waals surface area contributed by atoms with Crippen molar-refractivity contribution in [1.82, 2.24) is 20.1 Å². The highest BCUT2D eigenvalue weighted by atomic mass is 32.1. The summed E-state index contributed by atoms with van der Waals surface area (Å²) >= 11 is 0.827. The molecule has 0 saturated carbocycles. The molecule has 7 nitrogen and oxygen atoms in total. The maximum absolute atomic E-state index is 13.2. The number of hydrogen-bond donors (Lipinski definition) is 2. The summed E-state index contributed by atoms with van der Waals surface area (Å²) in [6.07, 6.45) is -4.99.